The number of halogens is 1. The Labute approximate surface area is 132 Å². The van der Waals surface area contributed by atoms with Gasteiger partial charge >= 0.3 is 0 Å². The first-order valence-electron chi connectivity index (χ1n) is 6.92. The maximum absolute atomic E-state index is 12.0. The van der Waals surface area contributed by atoms with Gasteiger partial charge in [0.05, 0.1) is 17.9 Å². The lowest BCUT2D eigenvalue weighted by Gasteiger charge is -2.28. The van der Waals surface area contributed by atoms with Gasteiger partial charge in [-0.05, 0) is 43.5 Å². The number of hydrogen-bond acceptors (Lipinski definition) is 3. The molecule has 0 aliphatic heterocycles. The Kier molecular flexibility index (Phi) is 5.93. The van der Waals surface area contributed by atoms with E-state index in [-0.39, 0.29) is 18.1 Å². The largest absolute Gasteiger partial charge is 0.391 e. The average Bonchev–Trinajstić information content (AvgIpc) is 2.40. The van der Waals surface area contributed by atoms with E-state index in [4.69, 9.17) is 0 Å². The molecular weight excluding hydrogens is 338 g/mol. The molecule has 1 aliphatic rings. The summed E-state index contributed by atoms with van der Waals surface area (Å²) in [6.07, 6.45) is 3.44. The third-order valence-electron chi connectivity index (χ3n) is 3.57. The molecule has 1 saturated carbocycles. The van der Waals surface area contributed by atoms with Crippen molar-refractivity contribution in [2.75, 3.05) is 5.75 Å². The summed E-state index contributed by atoms with van der Waals surface area (Å²) in [6, 6.07) is 5.98. The molecule has 1 amide bonds. The van der Waals surface area contributed by atoms with Crippen molar-refractivity contribution in [2.45, 2.75) is 49.6 Å². The van der Waals surface area contributed by atoms with Crippen molar-refractivity contribution in [1.82, 2.24) is 5.32 Å². The number of aryl methyl sites for hydroxylation is 1. The Morgan fingerprint density at radius 2 is 2.20 bits per heavy atom. The van der Waals surface area contributed by atoms with E-state index in [0.717, 1.165) is 40.6 Å². The first-order valence-corrected chi connectivity index (χ1v) is 8.70. The molecule has 1 aromatic carbocycles. The second kappa shape index (κ2) is 7.48. The maximum Gasteiger partial charge on any atom is 0.230 e. The fraction of sp³-hybridized carbons (Fsp3) is 0.533. The van der Waals surface area contributed by atoms with E-state index >= 15 is 0 Å². The molecule has 1 fully saturated rings. The van der Waals surface area contributed by atoms with Crippen molar-refractivity contribution in [3.8, 4) is 0 Å². The smallest absolute Gasteiger partial charge is 0.230 e. The number of benzene rings is 1. The molecule has 0 spiro atoms. The predicted octanol–water partition coefficient (Wildman–Crippen LogP) is 3.27. The summed E-state index contributed by atoms with van der Waals surface area (Å²) in [5, 5.41) is 12.8. The highest BCUT2D eigenvalue weighted by Crippen LogP contribution is 2.25. The molecule has 3 nitrogen and oxygen atoms in total. The van der Waals surface area contributed by atoms with E-state index in [1.54, 1.807) is 0 Å². The molecule has 5 heteroatoms. The number of rotatable bonds is 4. The Morgan fingerprint density at radius 3 is 2.90 bits per heavy atom. The summed E-state index contributed by atoms with van der Waals surface area (Å²) in [4.78, 5) is 13.1. The molecule has 2 atom stereocenters. The lowest BCUT2D eigenvalue weighted by Crippen LogP contribution is -2.45. The molecule has 0 bridgehead atoms. The van der Waals surface area contributed by atoms with E-state index in [2.05, 4.69) is 21.2 Å². The van der Waals surface area contributed by atoms with Crippen LogP contribution in [0.1, 0.15) is 31.2 Å². The van der Waals surface area contributed by atoms with Crippen LogP contribution < -0.4 is 5.32 Å². The summed E-state index contributed by atoms with van der Waals surface area (Å²) in [5.74, 6) is 0.398. The molecule has 2 rings (SSSR count). The van der Waals surface area contributed by atoms with E-state index in [9.17, 15) is 9.90 Å². The Balaban J connectivity index is 1.82. The van der Waals surface area contributed by atoms with Crippen molar-refractivity contribution in [3.63, 3.8) is 0 Å². The summed E-state index contributed by atoms with van der Waals surface area (Å²) in [5.41, 5.74) is 1.16. The van der Waals surface area contributed by atoms with Crippen LogP contribution in [-0.4, -0.2) is 28.9 Å². The summed E-state index contributed by atoms with van der Waals surface area (Å²) in [7, 11) is 0. The third kappa shape index (κ3) is 4.50. The van der Waals surface area contributed by atoms with Gasteiger partial charge in [-0.15, -0.1) is 11.8 Å². The number of aliphatic hydroxyl groups excluding tert-OH is 1. The van der Waals surface area contributed by atoms with Gasteiger partial charge in [0.1, 0.15) is 0 Å². The molecule has 0 radical (unpaired) electrons. The van der Waals surface area contributed by atoms with Gasteiger partial charge in [-0.3, -0.25) is 4.79 Å². The van der Waals surface area contributed by atoms with Crippen LogP contribution in [0.5, 0.6) is 0 Å². The van der Waals surface area contributed by atoms with Crippen molar-refractivity contribution < 1.29 is 9.90 Å². The number of hydrogen-bond donors (Lipinski definition) is 2. The first kappa shape index (κ1) is 15.9. The second-order valence-electron chi connectivity index (χ2n) is 5.22. The minimum atomic E-state index is -0.382. The Hall–Kier alpha value is -0.520. The molecule has 20 heavy (non-hydrogen) atoms. The molecule has 1 aliphatic carbocycles. The molecule has 0 aromatic heterocycles. The van der Waals surface area contributed by atoms with Gasteiger partial charge in [0.2, 0.25) is 5.91 Å². The zero-order valence-corrected chi connectivity index (χ0v) is 14.0. The lowest BCUT2D eigenvalue weighted by atomic mass is 9.93. The highest BCUT2D eigenvalue weighted by atomic mass is 79.9. The van der Waals surface area contributed by atoms with Crippen LogP contribution in [0.25, 0.3) is 0 Å². The number of amides is 1. The monoisotopic (exact) mass is 357 g/mol. The van der Waals surface area contributed by atoms with E-state index in [1.165, 1.54) is 11.8 Å². The number of thioether (sulfide) groups is 1. The van der Waals surface area contributed by atoms with Crippen LogP contribution in [-0.2, 0) is 4.79 Å². The van der Waals surface area contributed by atoms with Gasteiger partial charge in [0.15, 0.2) is 0 Å². The lowest BCUT2D eigenvalue weighted by molar-refractivity contribution is -0.120. The van der Waals surface area contributed by atoms with Gasteiger partial charge in [-0.2, -0.15) is 0 Å². The molecule has 1 aromatic rings. The second-order valence-corrected chi connectivity index (χ2v) is 7.16. The fourth-order valence-electron chi connectivity index (χ4n) is 2.45. The standard InChI is InChI=1S/C15H20BrNO2S/c1-10-8-11(16)6-7-14(10)20-9-15(19)17-12-4-2-3-5-13(12)18/h6-8,12-13,18H,2-5,9H2,1H3,(H,17,19)/t12-,13-/m0/s1. The van der Waals surface area contributed by atoms with Gasteiger partial charge in [0, 0.05) is 9.37 Å². The van der Waals surface area contributed by atoms with Crippen molar-refractivity contribution in [3.05, 3.63) is 28.2 Å². The molecular formula is C15H20BrNO2S. The van der Waals surface area contributed by atoms with Crippen LogP contribution in [0.4, 0.5) is 0 Å². The van der Waals surface area contributed by atoms with Gasteiger partial charge in [-0.25, -0.2) is 0 Å². The molecule has 0 heterocycles. The van der Waals surface area contributed by atoms with Crippen molar-refractivity contribution in [1.29, 1.82) is 0 Å². The van der Waals surface area contributed by atoms with Crippen LogP contribution >= 0.6 is 27.7 Å². The highest BCUT2D eigenvalue weighted by Gasteiger charge is 2.24. The zero-order valence-electron chi connectivity index (χ0n) is 11.6. The van der Waals surface area contributed by atoms with E-state index in [0.29, 0.717) is 5.75 Å². The topological polar surface area (TPSA) is 49.3 Å². The van der Waals surface area contributed by atoms with Gasteiger partial charge in [-0.1, -0.05) is 28.8 Å². The van der Waals surface area contributed by atoms with Crippen molar-refractivity contribution in [2.24, 2.45) is 0 Å². The number of nitrogens with one attached hydrogen (secondary N) is 1. The maximum atomic E-state index is 12.0. The molecule has 110 valence electrons. The summed E-state index contributed by atoms with van der Waals surface area (Å²) in [6.45, 7) is 2.04. The third-order valence-corrected chi connectivity index (χ3v) is 5.24. The minimum absolute atomic E-state index is 0.00303. The summed E-state index contributed by atoms with van der Waals surface area (Å²) < 4.78 is 1.05. The fourth-order valence-corrected chi connectivity index (χ4v) is 3.74. The predicted molar refractivity (Wildman–Crippen MR) is 86.0 cm³/mol. The number of carbonyl (C=O) groups excluding carboxylic acids is 1. The van der Waals surface area contributed by atoms with Crippen LogP contribution in [0.3, 0.4) is 0 Å². The SMILES string of the molecule is Cc1cc(Br)ccc1SCC(=O)N[C@H]1CCCC[C@@H]1O. The normalized spacial score (nSPS) is 22.6. The Morgan fingerprint density at radius 1 is 1.45 bits per heavy atom. The molecule has 0 unspecified atom stereocenters. The van der Waals surface area contributed by atoms with E-state index < -0.39 is 0 Å². The van der Waals surface area contributed by atoms with Crippen LogP contribution in [0.2, 0.25) is 0 Å². The Bertz CT molecular complexity index is 481. The van der Waals surface area contributed by atoms with Gasteiger partial charge in [0.25, 0.3) is 0 Å². The van der Waals surface area contributed by atoms with Crippen molar-refractivity contribution >= 4 is 33.6 Å². The molecule has 0 saturated heterocycles. The quantitative estimate of drug-likeness (QED) is 0.813. The van der Waals surface area contributed by atoms with E-state index in [1.807, 2.05) is 25.1 Å². The van der Waals surface area contributed by atoms with Crippen LogP contribution in [0.15, 0.2) is 27.6 Å². The zero-order chi connectivity index (χ0) is 14.5. The highest BCUT2D eigenvalue weighted by molar-refractivity contribution is 9.10. The minimum Gasteiger partial charge on any atom is -0.391 e. The van der Waals surface area contributed by atoms with Crippen LogP contribution in [0, 0.1) is 6.92 Å². The average molecular weight is 358 g/mol. The summed E-state index contributed by atoms with van der Waals surface area (Å²) >= 11 is 4.97. The number of carbonyl (C=O) groups is 1. The van der Waals surface area contributed by atoms with Gasteiger partial charge < -0.3 is 10.4 Å². The molecule has 2 N–H and O–H groups in total. The number of aliphatic hydroxyl groups is 1. The first-order chi connectivity index (χ1) is 9.56.